The third kappa shape index (κ3) is 9.58. The van der Waals surface area contributed by atoms with Gasteiger partial charge in [-0.3, -0.25) is 4.99 Å². The Morgan fingerprint density at radius 2 is 1.96 bits per heavy atom. The first-order valence-corrected chi connectivity index (χ1v) is 7.46. The molecule has 0 aliphatic carbocycles. The highest BCUT2D eigenvalue weighted by molar-refractivity contribution is 14.0. The molecule has 1 aromatic heterocycles. The third-order valence-corrected chi connectivity index (χ3v) is 2.69. The van der Waals surface area contributed by atoms with E-state index in [1.54, 1.807) is 13.1 Å². The van der Waals surface area contributed by atoms with Crippen LogP contribution in [0.25, 0.3) is 0 Å². The monoisotopic (exact) mass is 453 g/mol. The van der Waals surface area contributed by atoms with Gasteiger partial charge in [-0.25, -0.2) is 4.79 Å². The van der Waals surface area contributed by atoms with Crippen LogP contribution in [0.3, 0.4) is 0 Å². The van der Waals surface area contributed by atoms with Crippen molar-refractivity contribution in [1.82, 2.24) is 21.1 Å². The van der Waals surface area contributed by atoms with Crippen LogP contribution < -0.4 is 16.0 Å². The summed E-state index contributed by atoms with van der Waals surface area (Å²) in [5.74, 6) is 0.604. The molecule has 1 aromatic rings. The Balaban J connectivity index is 0.00000529. The average Bonchev–Trinajstić information content (AvgIpc) is 2.88. The standard InChI is InChI=1S/C15H27N5O3.HI/c1-14(2,3)23-13(21)19-15(4,5)10-18-12(16-6)17-9-11-7-8-22-20-11;/h7-8H,9-10H2,1-6H3,(H,19,21)(H2,16,17,18);1H. The highest BCUT2D eigenvalue weighted by Crippen LogP contribution is 2.09. The predicted octanol–water partition coefficient (Wildman–Crippen LogP) is 2.26. The number of guanidine groups is 1. The van der Waals surface area contributed by atoms with E-state index in [1.165, 1.54) is 6.26 Å². The van der Waals surface area contributed by atoms with Gasteiger partial charge >= 0.3 is 6.09 Å². The largest absolute Gasteiger partial charge is 0.444 e. The molecular formula is C15H28IN5O3. The van der Waals surface area contributed by atoms with E-state index in [0.29, 0.717) is 19.0 Å². The lowest BCUT2D eigenvalue weighted by Gasteiger charge is -2.29. The third-order valence-electron chi connectivity index (χ3n) is 2.69. The van der Waals surface area contributed by atoms with Crippen molar-refractivity contribution in [2.75, 3.05) is 13.6 Å². The van der Waals surface area contributed by atoms with E-state index in [2.05, 4.69) is 26.1 Å². The minimum atomic E-state index is -0.525. The molecule has 0 radical (unpaired) electrons. The van der Waals surface area contributed by atoms with Gasteiger partial charge < -0.3 is 25.2 Å². The zero-order valence-electron chi connectivity index (χ0n) is 15.1. The Labute approximate surface area is 160 Å². The second kappa shape index (κ2) is 9.70. The number of carbonyl (C=O) groups is 1. The average molecular weight is 453 g/mol. The first-order chi connectivity index (χ1) is 10.6. The Hall–Kier alpha value is -1.52. The van der Waals surface area contributed by atoms with Crippen molar-refractivity contribution in [3.63, 3.8) is 0 Å². The maximum absolute atomic E-state index is 11.8. The molecule has 0 saturated heterocycles. The van der Waals surface area contributed by atoms with Crippen LogP contribution in [0.15, 0.2) is 21.8 Å². The van der Waals surface area contributed by atoms with E-state index in [1.807, 2.05) is 34.6 Å². The normalized spacial score (nSPS) is 12.2. The summed E-state index contributed by atoms with van der Waals surface area (Å²) < 4.78 is 10.0. The van der Waals surface area contributed by atoms with Gasteiger partial charge in [0.25, 0.3) is 0 Å². The minimum absolute atomic E-state index is 0. The van der Waals surface area contributed by atoms with Gasteiger partial charge in [-0.1, -0.05) is 5.16 Å². The van der Waals surface area contributed by atoms with Crippen molar-refractivity contribution in [3.05, 3.63) is 18.0 Å². The summed E-state index contributed by atoms with van der Waals surface area (Å²) in [6.45, 7) is 10.2. The fourth-order valence-corrected chi connectivity index (χ4v) is 1.65. The lowest BCUT2D eigenvalue weighted by molar-refractivity contribution is 0.0474. The number of hydrogen-bond donors (Lipinski definition) is 3. The van der Waals surface area contributed by atoms with Gasteiger partial charge in [0.1, 0.15) is 17.6 Å². The first-order valence-electron chi connectivity index (χ1n) is 7.46. The van der Waals surface area contributed by atoms with Gasteiger partial charge in [0.15, 0.2) is 5.96 Å². The highest BCUT2D eigenvalue weighted by atomic mass is 127. The Morgan fingerprint density at radius 3 is 2.46 bits per heavy atom. The topological polar surface area (TPSA) is 101 Å². The number of nitrogens with one attached hydrogen (secondary N) is 3. The summed E-state index contributed by atoms with van der Waals surface area (Å²) in [5.41, 5.74) is -0.254. The van der Waals surface area contributed by atoms with Crippen molar-refractivity contribution in [2.45, 2.75) is 52.3 Å². The van der Waals surface area contributed by atoms with Gasteiger partial charge in [0.2, 0.25) is 0 Å². The Bertz CT molecular complexity index is 524. The first kappa shape index (κ1) is 22.5. The fourth-order valence-electron chi connectivity index (χ4n) is 1.65. The molecule has 0 aliphatic rings. The molecule has 9 heteroatoms. The van der Waals surface area contributed by atoms with E-state index in [9.17, 15) is 4.79 Å². The Morgan fingerprint density at radius 1 is 1.29 bits per heavy atom. The summed E-state index contributed by atoms with van der Waals surface area (Å²) in [7, 11) is 1.67. The quantitative estimate of drug-likeness (QED) is 0.359. The number of aliphatic imine (C=N–C) groups is 1. The van der Waals surface area contributed by atoms with Crippen LogP contribution in [0.5, 0.6) is 0 Å². The maximum Gasteiger partial charge on any atom is 0.408 e. The summed E-state index contributed by atoms with van der Waals surface area (Å²) in [6.07, 6.45) is 1.07. The number of rotatable bonds is 5. The van der Waals surface area contributed by atoms with Crippen molar-refractivity contribution < 1.29 is 14.1 Å². The molecular weight excluding hydrogens is 425 g/mol. The molecule has 3 N–H and O–H groups in total. The number of nitrogens with zero attached hydrogens (tertiary/aromatic N) is 2. The second-order valence-electron chi connectivity index (χ2n) is 6.78. The van der Waals surface area contributed by atoms with Gasteiger partial charge in [-0.15, -0.1) is 24.0 Å². The van der Waals surface area contributed by atoms with E-state index >= 15 is 0 Å². The smallest absolute Gasteiger partial charge is 0.408 e. The molecule has 0 bridgehead atoms. The molecule has 0 unspecified atom stereocenters. The molecule has 138 valence electrons. The fraction of sp³-hybridized carbons (Fsp3) is 0.667. The molecule has 1 amide bonds. The number of halogens is 1. The minimum Gasteiger partial charge on any atom is -0.444 e. The van der Waals surface area contributed by atoms with E-state index < -0.39 is 17.2 Å². The van der Waals surface area contributed by atoms with E-state index in [4.69, 9.17) is 9.26 Å². The molecule has 1 heterocycles. The second-order valence-corrected chi connectivity index (χ2v) is 6.78. The molecule has 8 nitrogen and oxygen atoms in total. The molecule has 0 aliphatic heterocycles. The van der Waals surface area contributed by atoms with Gasteiger partial charge in [-0.05, 0) is 34.6 Å². The SMILES string of the molecule is CN=C(NCc1ccon1)NCC(C)(C)NC(=O)OC(C)(C)C.I. The van der Waals surface area contributed by atoms with E-state index in [-0.39, 0.29) is 24.0 Å². The van der Waals surface area contributed by atoms with Gasteiger partial charge in [0.05, 0.1) is 12.1 Å². The summed E-state index contributed by atoms with van der Waals surface area (Å²) in [5, 5.41) is 12.9. The lowest BCUT2D eigenvalue weighted by atomic mass is 10.1. The van der Waals surface area contributed by atoms with Crippen LogP contribution in [0, 0.1) is 0 Å². The summed E-state index contributed by atoms with van der Waals surface area (Å²) in [4.78, 5) is 16.0. The lowest BCUT2D eigenvalue weighted by Crippen LogP contribution is -2.54. The number of alkyl carbamates (subject to hydrolysis) is 1. The van der Waals surface area contributed by atoms with Crippen LogP contribution in [-0.4, -0.2) is 41.9 Å². The van der Waals surface area contributed by atoms with Crippen LogP contribution in [-0.2, 0) is 11.3 Å². The van der Waals surface area contributed by atoms with Gasteiger partial charge in [-0.2, -0.15) is 0 Å². The zero-order chi connectivity index (χ0) is 17.5. The number of ether oxygens (including phenoxy) is 1. The number of carbonyl (C=O) groups excluding carboxylic acids is 1. The van der Waals surface area contributed by atoms with Crippen molar-refractivity contribution in [2.24, 2.45) is 4.99 Å². The summed E-state index contributed by atoms with van der Waals surface area (Å²) in [6, 6.07) is 1.77. The predicted molar refractivity (Wildman–Crippen MR) is 104 cm³/mol. The van der Waals surface area contributed by atoms with Crippen LogP contribution in [0.4, 0.5) is 4.79 Å². The van der Waals surface area contributed by atoms with E-state index in [0.717, 1.165) is 5.69 Å². The highest BCUT2D eigenvalue weighted by Gasteiger charge is 2.24. The van der Waals surface area contributed by atoms with Crippen molar-refractivity contribution in [3.8, 4) is 0 Å². The Kier molecular flexibility index (Phi) is 9.08. The van der Waals surface area contributed by atoms with Crippen molar-refractivity contribution in [1.29, 1.82) is 0 Å². The number of hydrogen-bond acceptors (Lipinski definition) is 5. The molecule has 0 atom stereocenters. The molecule has 1 rings (SSSR count). The molecule has 0 aromatic carbocycles. The summed E-state index contributed by atoms with van der Waals surface area (Å²) >= 11 is 0. The number of amides is 1. The van der Waals surface area contributed by atoms with Crippen LogP contribution in [0.2, 0.25) is 0 Å². The molecule has 24 heavy (non-hydrogen) atoms. The maximum atomic E-state index is 11.8. The number of aromatic nitrogens is 1. The molecule has 0 fully saturated rings. The van der Waals surface area contributed by atoms with Crippen molar-refractivity contribution >= 4 is 36.0 Å². The zero-order valence-corrected chi connectivity index (χ0v) is 17.4. The molecule has 0 spiro atoms. The molecule has 0 saturated carbocycles. The van der Waals surface area contributed by atoms with Crippen LogP contribution in [0.1, 0.15) is 40.3 Å². The van der Waals surface area contributed by atoms with Gasteiger partial charge in [0, 0.05) is 19.7 Å². The van der Waals surface area contributed by atoms with Crippen LogP contribution >= 0.6 is 24.0 Å².